The van der Waals surface area contributed by atoms with Crippen molar-refractivity contribution in [1.29, 1.82) is 0 Å². The van der Waals surface area contributed by atoms with Gasteiger partial charge < -0.3 is 9.30 Å². The highest BCUT2D eigenvalue weighted by atomic mass is 16.6. The lowest BCUT2D eigenvalue weighted by molar-refractivity contribution is -0.384. The van der Waals surface area contributed by atoms with Crippen LogP contribution < -0.4 is 11.2 Å². The van der Waals surface area contributed by atoms with E-state index in [2.05, 4.69) is 15.0 Å². The van der Waals surface area contributed by atoms with Gasteiger partial charge in [0.1, 0.15) is 6.61 Å². The van der Waals surface area contributed by atoms with Crippen molar-refractivity contribution < 1.29 is 14.5 Å². The summed E-state index contributed by atoms with van der Waals surface area (Å²) in [4.78, 5) is 63.6. The first-order valence-electron chi connectivity index (χ1n) is 12.8. The molecule has 0 fully saturated rings. The summed E-state index contributed by atoms with van der Waals surface area (Å²) in [6, 6.07) is 9.77. The quantitative estimate of drug-likeness (QED) is 0.191. The predicted molar refractivity (Wildman–Crippen MR) is 150 cm³/mol. The topological polar surface area (TPSA) is 157 Å². The zero-order valence-corrected chi connectivity index (χ0v) is 22.8. The minimum atomic E-state index is -0.698. The lowest BCUT2D eigenvalue weighted by Gasteiger charge is -2.33. The Bertz CT molecular complexity index is 1870. The molecule has 0 aliphatic carbocycles. The number of allylic oxidation sites excluding steroid dienone is 1. The molecule has 5 rings (SSSR count). The normalized spacial score (nSPS) is 17.0. The van der Waals surface area contributed by atoms with Crippen molar-refractivity contribution in [3.8, 4) is 0 Å². The first-order valence-corrected chi connectivity index (χ1v) is 12.8. The highest BCUT2D eigenvalue weighted by molar-refractivity contribution is 5.99. The van der Waals surface area contributed by atoms with Gasteiger partial charge in [-0.25, -0.2) is 14.6 Å². The molecular weight excluding hydrogens is 530 g/mol. The largest absolute Gasteiger partial charge is 0.460 e. The molecule has 0 radical (unpaired) electrons. The Kier molecular flexibility index (Phi) is 7.18. The first-order chi connectivity index (χ1) is 19.6. The van der Waals surface area contributed by atoms with Gasteiger partial charge in [-0.15, -0.1) is 0 Å². The van der Waals surface area contributed by atoms with Crippen LogP contribution in [0.25, 0.3) is 11.2 Å². The molecule has 1 aliphatic rings. The summed E-state index contributed by atoms with van der Waals surface area (Å²) in [5.41, 5.74) is 1.94. The molecule has 4 aromatic rings. The van der Waals surface area contributed by atoms with Crippen LogP contribution in [0.15, 0.2) is 81.0 Å². The maximum absolute atomic E-state index is 13.7. The van der Waals surface area contributed by atoms with Gasteiger partial charge in [0, 0.05) is 61.9 Å². The van der Waals surface area contributed by atoms with Crippen molar-refractivity contribution in [2.75, 3.05) is 6.61 Å². The number of benzene rings is 1. The van der Waals surface area contributed by atoms with E-state index in [9.17, 15) is 24.5 Å². The highest BCUT2D eigenvalue weighted by Gasteiger charge is 2.39. The van der Waals surface area contributed by atoms with Gasteiger partial charge in [0.05, 0.1) is 23.4 Å². The van der Waals surface area contributed by atoms with E-state index in [1.807, 2.05) is 13.0 Å². The second-order valence-corrected chi connectivity index (χ2v) is 9.81. The van der Waals surface area contributed by atoms with Crippen molar-refractivity contribution in [2.24, 2.45) is 19.1 Å². The van der Waals surface area contributed by atoms with Crippen LogP contribution in [0.4, 0.5) is 5.69 Å². The maximum Gasteiger partial charge on any atom is 0.336 e. The number of nitrogens with zero attached hydrogens (tertiary/aromatic N) is 7. The number of carbonyl (C=O) groups excluding carboxylic acids is 1. The lowest BCUT2D eigenvalue weighted by atomic mass is 9.73. The number of imidazole rings is 1. The number of aliphatic imine (C=N–C) groups is 1. The highest BCUT2D eigenvalue weighted by Crippen LogP contribution is 2.45. The van der Waals surface area contributed by atoms with Gasteiger partial charge in [-0.05, 0) is 31.0 Å². The van der Waals surface area contributed by atoms with Gasteiger partial charge in [0.25, 0.3) is 11.2 Å². The number of nitro benzene ring substituents is 1. The second-order valence-electron chi connectivity index (χ2n) is 9.81. The average Bonchev–Trinajstić information content (AvgIpc) is 3.35. The van der Waals surface area contributed by atoms with Gasteiger partial charge in [0.2, 0.25) is 0 Å². The van der Waals surface area contributed by atoms with Crippen LogP contribution in [0.2, 0.25) is 0 Å². The molecule has 13 nitrogen and oxygen atoms in total. The minimum absolute atomic E-state index is 0.112. The van der Waals surface area contributed by atoms with E-state index >= 15 is 0 Å². The molecule has 0 saturated heterocycles. The Morgan fingerprint density at radius 2 is 1.85 bits per heavy atom. The van der Waals surface area contributed by atoms with E-state index < -0.39 is 34.0 Å². The van der Waals surface area contributed by atoms with Crippen molar-refractivity contribution in [3.05, 3.63) is 108 Å². The number of nitro groups is 1. The molecule has 0 saturated carbocycles. The van der Waals surface area contributed by atoms with Crippen LogP contribution >= 0.6 is 0 Å². The summed E-state index contributed by atoms with van der Waals surface area (Å²) in [7, 11) is 3.16. The molecular formula is C28H27N7O6. The monoisotopic (exact) mass is 557 g/mol. The predicted octanol–water partition coefficient (Wildman–Crippen LogP) is 2.60. The molecule has 2 atom stereocenters. The molecule has 210 valence electrons. The van der Waals surface area contributed by atoms with Crippen molar-refractivity contribution >= 4 is 28.5 Å². The van der Waals surface area contributed by atoms with Gasteiger partial charge >= 0.3 is 11.7 Å². The minimum Gasteiger partial charge on any atom is -0.460 e. The number of aromatic nitrogens is 5. The Morgan fingerprint density at radius 1 is 1.10 bits per heavy atom. The van der Waals surface area contributed by atoms with Crippen LogP contribution in [0, 0.1) is 10.1 Å². The molecule has 0 amide bonds. The third-order valence-electron chi connectivity index (χ3n) is 7.28. The molecule has 2 unspecified atom stereocenters. The van der Waals surface area contributed by atoms with Crippen LogP contribution in [0.5, 0.6) is 0 Å². The van der Waals surface area contributed by atoms with E-state index in [1.165, 1.54) is 34.6 Å². The number of fused-ring (bicyclic) bond motifs is 1. The second kappa shape index (κ2) is 10.8. The Hall–Kier alpha value is -5.20. The fraction of sp³-hybridized carbons (Fsp3) is 0.286. The fourth-order valence-corrected chi connectivity index (χ4v) is 5.39. The molecule has 1 aliphatic heterocycles. The Labute approximate surface area is 233 Å². The first kappa shape index (κ1) is 27.4. The molecule has 1 aromatic carbocycles. The standard InChI is InChI=1S/C28H27N7O6/c1-16-21(19-8-6-10-29-14-19)23(18-7-5-9-20(13-18)35(39)40)22(17(2)31-16)27(37)41-12-11-34-26(36)24-25(30-15-32(24)3)33(4)28(34)38/h5-10,13-15,21,23H,11-12H2,1-4H3. The average molecular weight is 558 g/mol. The van der Waals surface area contributed by atoms with Gasteiger partial charge in [-0.2, -0.15) is 0 Å². The van der Waals surface area contributed by atoms with Crippen LogP contribution in [0.3, 0.4) is 0 Å². The van der Waals surface area contributed by atoms with Gasteiger partial charge in [-0.3, -0.25) is 34.0 Å². The summed E-state index contributed by atoms with van der Waals surface area (Å²) in [6.07, 6.45) is 4.75. The van der Waals surface area contributed by atoms with Crippen molar-refractivity contribution in [1.82, 2.24) is 23.7 Å². The van der Waals surface area contributed by atoms with Crippen molar-refractivity contribution in [3.63, 3.8) is 0 Å². The van der Waals surface area contributed by atoms with E-state index in [1.54, 1.807) is 44.6 Å². The number of pyridine rings is 1. The Balaban J connectivity index is 1.50. The Morgan fingerprint density at radius 3 is 2.56 bits per heavy atom. The molecule has 41 heavy (non-hydrogen) atoms. The number of non-ortho nitro benzene ring substituents is 1. The lowest BCUT2D eigenvalue weighted by Crippen LogP contribution is -2.40. The zero-order valence-electron chi connectivity index (χ0n) is 22.8. The number of rotatable bonds is 7. The number of esters is 1. The van der Waals surface area contributed by atoms with E-state index in [4.69, 9.17) is 4.74 Å². The van der Waals surface area contributed by atoms with Crippen LogP contribution in [0.1, 0.15) is 36.8 Å². The van der Waals surface area contributed by atoms with Crippen LogP contribution in [-0.4, -0.2) is 46.9 Å². The molecule has 4 heterocycles. The maximum atomic E-state index is 13.7. The number of ether oxygens (including phenoxy) is 1. The summed E-state index contributed by atoms with van der Waals surface area (Å²) < 4.78 is 9.42. The number of hydrogen-bond donors (Lipinski definition) is 0. The van der Waals surface area contributed by atoms with Gasteiger partial charge in [0.15, 0.2) is 11.2 Å². The van der Waals surface area contributed by atoms with E-state index in [-0.39, 0.29) is 35.6 Å². The number of carbonyl (C=O) groups is 1. The fourth-order valence-electron chi connectivity index (χ4n) is 5.39. The summed E-state index contributed by atoms with van der Waals surface area (Å²) >= 11 is 0. The number of hydrogen-bond acceptors (Lipinski definition) is 9. The third kappa shape index (κ3) is 4.86. The van der Waals surface area contributed by atoms with E-state index in [0.717, 1.165) is 10.1 Å². The number of aryl methyl sites for hydroxylation is 2. The summed E-state index contributed by atoms with van der Waals surface area (Å²) in [6.45, 7) is 3.07. The van der Waals surface area contributed by atoms with Crippen molar-refractivity contribution in [2.45, 2.75) is 32.2 Å². The van der Waals surface area contributed by atoms with Crippen LogP contribution in [-0.2, 0) is 30.2 Å². The molecule has 3 aromatic heterocycles. The molecule has 13 heteroatoms. The SMILES string of the molecule is CC1=NC(C)=C(C(=O)OCCn2c(=O)c3c(ncn3C)n(C)c2=O)C(c2cccc([N+](=O)[O-])c2)C1c1cccnc1. The smallest absolute Gasteiger partial charge is 0.336 e. The zero-order chi connectivity index (χ0) is 29.4. The summed E-state index contributed by atoms with van der Waals surface area (Å²) in [5, 5.41) is 11.6. The summed E-state index contributed by atoms with van der Waals surface area (Å²) in [5.74, 6) is -1.81. The van der Waals surface area contributed by atoms with Gasteiger partial charge in [-0.1, -0.05) is 18.2 Å². The molecule has 0 bridgehead atoms. The molecule has 0 N–H and O–H groups in total. The van der Waals surface area contributed by atoms with E-state index in [0.29, 0.717) is 17.0 Å². The molecule has 0 spiro atoms. The third-order valence-corrected chi connectivity index (χ3v) is 7.28.